The van der Waals surface area contributed by atoms with Gasteiger partial charge in [-0.05, 0) is 18.6 Å². The summed E-state index contributed by atoms with van der Waals surface area (Å²) in [4.78, 5) is 9.84. The second-order valence-corrected chi connectivity index (χ2v) is 5.48. The van der Waals surface area contributed by atoms with Crippen LogP contribution in [0.1, 0.15) is 71.1 Å². The maximum absolute atomic E-state index is 9.84. The third-order valence-electron chi connectivity index (χ3n) is 3.44. The van der Waals surface area contributed by atoms with E-state index >= 15 is 0 Å². The number of unbranched alkanes of at least 4 members (excludes halogenated alkanes) is 9. The first-order valence-electron chi connectivity index (χ1n) is 8.60. The predicted octanol–water partition coefficient (Wildman–Crippen LogP) is 5.47. The molecular weight excluding hydrogens is 276 g/mol. The molecule has 1 aromatic carbocycles. The van der Waals surface area contributed by atoms with Crippen molar-refractivity contribution in [2.45, 2.75) is 71.1 Å². The molecule has 0 saturated carbocycles. The molecule has 1 aromatic rings. The molecule has 0 saturated heterocycles. The summed E-state index contributed by atoms with van der Waals surface area (Å²) < 4.78 is 4.62. The van der Waals surface area contributed by atoms with Crippen LogP contribution in [0.5, 0.6) is 5.75 Å². The van der Waals surface area contributed by atoms with Crippen molar-refractivity contribution in [3.05, 3.63) is 30.3 Å². The summed E-state index contributed by atoms with van der Waals surface area (Å²) in [5, 5.41) is 8.63. The minimum atomic E-state index is 0.322. The van der Waals surface area contributed by atoms with Gasteiger partial charge in [-0.3, -0.25) is 4.79 Å². The number of phenolic OH excluding ortho intramolecular Hbond substituents is 1. The maximum Gasteiger partial charge on any atom is 0.293 e. The van der Waals surface area contributed by atoms with Crippen LogP contribution < -0.4 is 0 Å². The molecule has 0 aliphatic rings. The molecule has 0 heterocycles. The number of phenols is 1. The molecule has 0 bridgehead atoms. The largest absolute Gasteiger partial charge is 0.508 e. The molecule has 0 atom stereocenters. The topological polar surface area (TPSA) is 46.5 Å². The minimum absolute atomic E-state index is 0.322. The molecule has 0 amide bonds. The van der Waals surface area contributed by atoms with Crippen LogP contribution in [0.15, 0.2) is 30.3 Å². The number of hydrogen-bond donors (Lipinski definition) is 1. The van der Waals surface area contributed by atoms with Gasteiger partial charge in [0, 0.05) is 0 Å². The molecule has 0 unspecified atom stereocenters. The zero-order valence-electron chi connectivity index (χ0n) is 14.0. The van der Waals surface area contributed by atoms with Crippen LogP contribution in [-0.4, -0.2) is 18.2 Å². The number of para-hydroxylation sites is 1. The van der Waals surface area contributed by atoms with Gasteiger partial charge in [0.15, 0.2) is 0 Å². The molecule has 0 spiro atoms. The number of carbonyl (C=O) groups excluding carboxylic acids is 1. The van der Waals surface area contributed by atoms with Gasteiger partial charge in [-0.25, -0.2) is 0 Å². The average Bonchev–Trinajstić information content (AvgIpc) is 2.54. The molecule has 22 heavy (non-hydrogen) atoms. The van der Waals surface area contributed by atoms with Gasteiger partial charge in [0.2, 0.25) is 0 Å². The van der Waals surface area contributed by atoms with E-state index in [2.05, 4.69) is 11.7 Å². The van der Waals surface area contributed by atoms with Gasteiger partial charge >= 0.3 is 0 Å². The van der Waals surface area contributed by atoms with Gasteiger partial charge < -0.3 is 9.84 Å². The lowest BCUT2D eigenvalue weighted by molar-refractivity contribution is -0.128. The van der Waals surface area contributed by atoms with E-state index in [1.165, 1.54) is 57.8 Å². The molecule has 0 fully saturated rings. The molecule has 0 aliphatic heterocycles. The lowest BCUT2D eigenvalue weighted by Crippen LogP contribution is -1.91. The van der Waals surface area contributed by atoms with Crippen molar-refractivity contribution >= 4 is 6.47 Å². The SMILES string of the molecule is CCCCCCCCCCCCOC=O.Oc1ccccc1. The fourth-order valence-corrected chi connectivity index (χ4v) is 2.15. The van der Waals surface area contributed by atoms with Crippen molar-refractivity contribution in [1.82, 2.24) is 0 Å². The highest BCUT2D eigenvalue weighted by Crippen LogP contribution is 2.10. The van der Waals surface area contributed by atoms with E-state index in [1.54, 1.807) is 24.3 Å². The summed E-state index contributed by atoms with van der Waals surface area (Å²) in [7, 11) is 0. The van der Waals surface area contributed by atoms with Crippen molar-refractivity contribution in [3.8, 4) is 5.75 Å². The Balaban J connectivity index is 0.000000518. The zero-order chi connectivity index (χ0) is 16.3. The highest BCUT2D eigenvalue weighted by Gasteiger charge is 1.92. The molecule has 126 valence electrons. The molecule has 0 aliphatic carbocycles. The lowest BCUT2D eigenvalue weighted by atomic mass is 10.1. The van der Waals surface area contributed by atoms with E-state index in [1.807, 2.05) is 6.07 Å². The van der Waals surface area contributed by atoms with Crippen molar-refractivity contribution < 1.29 is 14.6 Å². The van der Waals surface area contributed by atoms with Crippen LogP contribution in [0.2, 0.25) is 0 Å². The van der Waals surface area contributed by atoms with Crippen LogP contribution in [0.4, 0.5) is 0 Å². The van der Waals surface area contributed by atoms with Crippen molar-refractivity contribution in [1.29, 1.82) is 0 Å². The Morgan fingerprint density at radius 1 is 0.864 bits per heavy atom. The average molecular weight is 308 g/mol. The van der Waals surface area contributed by atoms with Crippen LogP contribution in [0.25, 0.3) is 0 Å². The Hall–Kier alpha value is -1.51. The third-order valence-corrected chi connectivity index (χ3v) is 3.44. The summed E-state index contributed by atoms with van der Waals surface area (Å²) in [6, 6.07) is 8.71. The van der Waals surface area contributed by atoms with E-state index in [-0.39, 0.29) is 0 Å². The number of rotatable bonds is 12. The molecule has 0 radical (unpaired) electrons. The van der Waals surface area contributed by atoms with E-state index < -0.39 is 0 Å². The van der Waals surface area contributed by atoms with Gasteiger partial charge in [0.05, 0.1) is 6.61 Å². The van der Waals surface area contributed by atoms with Crippen LogP contribution in [0.3, 0.4) is 0 Å². The number of aromatic hydroxyl groups is 1. The van der Waals surface area contributed by atoms with Crippen molar-refractivity contribution in [2.75, 3.05) is 6.61 Å². The van der Waals surface area contributed by atoms with Gasteiger partial charge in [0.1, 0.15) is 5.75 Å². The summed E-state index contributed by atoms with van der Waals surface area (Å²) in [5.74, 6) is 0.322. The maximum atomic E-state index is 9.84. The standard InChI is InChI=1S/C13H26O2.C6H6O/c1-2-3-4-5-6-7-8-9-10-11-12-15-13-14;7-6-4-2-1-3-5-6/h13H,2-12H2,1H3;1-5,7H. The number of benzene rings is 1. The third kappa shape index (κ3) is 16.5. The fraction of sp³-hybridized carbons (Fsp3) is 0.632. The van der Waals surface area contributed by atoms with E-state index in [4.69, 9.17) is 5.11 Å². The Morgan fingerprint density at radius 3 is 1.77 bits per heavy atom. The second-order valence-electron chi connectivity index (χ2n) is 5.48. The highest BCUT2D eigenvalue weighted by molar-refractivity contribution is 5.36. The molecule has 3 heteroatoms. The Kier molecular flexibility index (Phi) is 16.3. The van der Waals surface area contributed by atoms with Gasteiger partial charge in [-0.15, -0.1) is 0 Å². The second kappa shape index (κ2) is 17.5. The Labute approximate surface area is 135 Å². The smallest absolute Gasteiger partial charge is 0.293 e. The summed E-state index contributed by atoms with van der Waals surface area (Å²) in [6.45, 7) is 3.38. The van der Waals surface area contributed by atoms with Crippen molar-refractivity contribution in [3.63, 3.8) is 0 Å². The van der Waals surface area contributed by atoms with E-state index in [9.17, 15) is 4.79 Å². The van der Waals surface area contributed by atoms with Crippen molar-refractivity contribution in [2.24, 2.45) is 0 Å². The van der Waals surface area contributed by atoms with Gasteiger partial charge in [0.25, 0.3) is 6.47 Å². The first-order valence-corrected chi connectivity index (χ1v) is 8.60. The van der Waals surface area contributed by atoms with Crippen LogP contribution in [-0.2, 0) is 9.53 Å². The van der Waals surface area contributed by atoms with Gasteiger partial charge in [-0.1, -0.05) is 82.9 Å². The lowest BCUT2D eigenvalue weighted by Gasteiger charge is -2.01. The molecule has 3 nitrogen and oxygen atoms in total. The monoisotopic (exact) mass is 308 g/mol. The molecular formula is C19H32O3. The van der Waals surface area contributed by atoms with E-state index in [0.717, 1.165) is 6.42 Å². The fourth-order valence-electron chi connectivity index (χ4n) is 2.15. The van der Waals surface area contributed by atoms with E-state index in [0.29, 0.717) is 18.8 Å². The quantitative estimate of drug-likeness (QED) is 0.411. The zero-order valence-corrected chi connectivity index (χ0v) is 14.0. The first kappa shape index (κ1) is 20.5. The Bertz CT molecular complexity index is 325. The molecule has 1 N–H and O–H groups in total. The normalized spacial score (nSPS) is 9.68. The van der Waals surface area contributed by atoms with Crippen LogP contribution >= 0.6 is 0 Å². The summed E-state index contributed by atoms with van der Waals surface area (Å²) in [6.07, 6.45) is 13.1. The molecule has 1 rings (SSSR count). The summed E-state index contributed by atoms with van der Waals surface area (Å²) in [5.41, 5.74) is 0. The first-order chi connectivity index (χ1) is 10.8. The van der Waals surface area contributed by atoms with Crippen LogP contribution in [0, 0.1) is 0 Å². The highest BCUT2D eigenvalue weighted by atomic mass is 16.5. The Morgan fingerprint density at radius 2 is 1.36 bits per heavy atom. The predicted molar refractivity (Wildman–Crippen MR) is 92.0 cm³/mol. The number of hydrogen-bond acceptors (Lipinski definition) is 3. The number of ether oxygens (including phenoxy) is 1. The molecule has 0 aromatic heterocycles. The minimum Gasteiger partial charge on any atom is -0.508 e. The number of carbonyl (C=O) groups is 1. The summed E-state index contributed by atoms with van der Waals surface area (Å²) >= 11 is 0. The van der Waals surface area contributed by atoms with Gasteiger partial charge in [-0.2, -0.15) is 0 Å².